The Morgan fingerprint density at radius 1 is 0.767 bits per heavy atom. The standard InChI is InChI=1S/C24H46N2O3Si/c1-4-27-30(28-5-2,29-6-3)19-14-12-10-8-7-9-11-13-18-26-22-24-17-15-16-23(20-24)21-25/h15-17,20,26H,4-14,18-19,21-22,25H2,1-3H3. The van der Waals surface area contributed by atoms with Gasteiger partial charge in [-0.15, -0.1) is 0 Å². The van der Waals surface area contributed by atoms with Gasteiger partial charge in [0.1, 0.15) is 0 Å². The molecule has 30 heavy (non-hydrogen) atoms. The van der Waals surface area contributed by atoms with E-state index in [9.17, 15) is 0 Å². The van der Waals surface area contributed by atoms with Crippen molar-refractivity contribution in [1.82, 2.24) is 5.32 Å². The highest BCUT2D eigenvalue weighted by molar-refractivity contribution is 6.60. The summed E-state index contributed by atoms with van der Waals surface area (Å²) in [5.41, 5.74) is 8.23. The van der Waals surface area contributed by atoms with Gasteiger partial charge in [0.05, 0.1) is 0 Å². The first kappa shape index (κ1) is 27.3. The van der Waals surface area contributed by atoms with Crippen molar-refractivity contribution in [3.63, 3.8) is 0 Å². The van der Waals surface area contributed by atoms with Gasteiger partial charge in [0.25, 0.3) is 0 Å². The van der Waals surface area contributed by atoms with Gasteiger partial charge in [-0.1, -0.05) is 62.8 Å². The van der Waals surface area contributed by atoms with Gasteiger partial charge in [0, 0.05) is 39.0 Å². The number of hydrogen-bond donors (Lipinski definition) is 2. The predicted molar refractivity (Wildman–Crippen MR) is 128 cm³/mol. The largest absolute Gasteiger partial charge is 0.500 e. The maximum atomic E-state index is 5.92. The van der Waals surface area contributed by atoms with Gasteiger partial charge in [-0.3, -0.25) is 0 Å². The SMILES string of the molecule is CCO[Si](CCCCCCCCCCNCc1cccc(CN)c1)(OCC)OCC. The van der Waals surface area contributed by atoms with E-state index >= 15 is 0 Å². The van der Waals surface area contributed by atoms with Crippen LogP contribution in [0, 0.1) is 0 Å². The molecule has 0 fully saturated rings. The predicted octanol–water partition coefficient (Wildman–Crippen LogP) is 5.40. The molecule has 0 amide bonds. The summed E-state index contributed by atoms with van der Waals surface area (Å²) in [5.74, 6) is 0. The van der Waals surface area contributed by atoms with Crippen LogP contribution < -0.4 is 11.1 Å². The molecule has 0 aliphatic heterocycles. The van der Waals surface area contributed by atoms with Crippen molar-refractivity contribution in [3.05, 3.63) is 35.4 Å². The third kappa shape index (κ3) is 12.2. The first-order valence-electron chi connectivity index (χ1n) is 12.1. The van der Waals surface area contributed by atoms with Crippen LogP contribution in [0.3, 0.4) is 0 Å². The Labute approximate surface area is 186 Å². The third-order valence-electron chi connectivity index (χ3n) is 5.24. The summed E-state index contributed by atoms with van der Waals surface area (Å²) in [4.78, 5) is 0. The summed E-state index contributed by atoms with van der Waals surface area (Å²) in [6.45, 7) is 10.7. The molecule has 0 saturated heterocycles. The molecule has 0 atom stereocenters. The smallest absolute Gasteiger partial charge is 0.374 e. The molecule has 0 aliphatic carbocycles. The van der Waals surface area contributed by atoms with E-state index in [4.69, 9.17) is 19.0 Å². The second kappa shape index (κ2) is 17.9. The van der Waals surface area contributed by atoms with Crippen LogP contribution >= 0.6 is 0 Å². The Hall–Kier alpha value is -0.763. The van der Waals surface area contributed by atoms with Gasteiger partial charge in [0.2, 0.25) is 0 Å². The Morgan fingerprint density at radius 3 is 1.87 bits per heavy atom. The maximum absolute atomic E-state index is 5.92. The van der Waals surface area contributed by atoms with E-state index in [1.807, 2.05) is 20.8 Å². The molecule has 1 aromatic carbocycles. The zero-order valence-corrected chi connectivity index (χ0v) is 20.7. The molecular formula is C24H46N2O3Si. The summed E-state index contributed by atoms with van der Waals surface area (Å²) >= 11 is 0. The summed E-state index contributed by atoms with van der Waals surface area (Å²) in [6.07, 6.45) is 10.2. The van der Waals surface area contributed by atoms with Gasteiger partial charge in [-0.2, -0.15) is 0 Å². The van der Waals surface area contributed by atoms with Crippen molar-refractivity contribution in [2.45, 2.75) is 91.3 Å². The number of nitrogens with two attached hydrogens (primary N) is 1. The van der Waals surface area contributed by atoms with Gasteiger partial charge < -0.3 is 24.3 Å². The molecule has 174 valence electrons. The number of unbranched alkanes of at least 4 members (excludes halogenated alkanes) is 7. The average Bonchev–Trinajstić information content (AvgIpc) is 2.75. The highest BCUT2D eigenvalue weighted by Crippen LogP contribution is 2.20. The third-order valence-corrected chi connectivity index (χ3v) is 8.39. The molecule has 3 N–H and O–H groups in total. The minimum atomic E-state index is -2.43. The lowest BCUT2D eigenvalue weighted by atomic mass is 10.1. The summed E-state index contributed by atoms with van der Waals surface area (Å²) in [7, 11) is -2.43. The summed E-state index contributed by atoms with van der Waals surface area (Å²) < 4.78 is 17.8. The van der Waals surface area contributed by atoms with Crippen LogP contribution in [0.25, 0.3) is 0 Å². The zero-order valence-electron chi connectivity index (χ0n) is 19.7. The van der Waals surface area contributed by atoms with Crippen molar-refractivity contribution in [1.29, 1.82) is 0 Å². The first-order chi connectivity index (χ1) is 14.7. The number of hydrogen-bond acceptors (Lipinski definition) is 5. The average molecular weight is 439 g/mol. The number of nitrogens with one attached hydrogen (secondary N) is 1. The molecule has 0 heterocycles. The van der Waals surface area contributed by atoms with Crippen LogP contribution in [0.5, 0.6) is 0 Å². The molecule has 0 aliphatic rings. The fourth-order valence-corrected chi connectivity index (χ4v) is 6.44. The molecular weight excluding hydrogens is 392 g/mol. The fraction of sp³-hybridized carbons (Fsp3) is 0.750. The molecule has 1 aromatic rings. The van der Waals surface area contributed by atoms with Crippen LogP contribution in [0.15, 0.2) is 24.3 Å². The van der Waals surface area contributed by atoms with Crippen LogP contribution in [0.2, 0.25) is 6.04 Å². The maximum Gasteiger partial charge on any atom is 0.500 e. The Morgan fingerprint density at radius 2 is 1.30 bits per heavy atom. The van der Waals surface area contributed by atoms with Crippen LogP contribution in [-0.4, -0.2) is 35.2 Å². The van der Waals surface area contributed by atoms with Crippen molar-refractivity contribution >= 4 is 8.80 Å². The Balaban J connectivity index is 1.99. The molecule has 0 unspecified atom stereocenters. The van der Waals surface area contributed by atoms with Crippen molar-refractivity contribution in [3.8, 4) is 0 Å². The minimum absolute atomic E-state index is 0.613. The van der Waals surface area contributed by atoms with E-state index in [0.717, 1.165) is 25.6 Å². The van der Waals surface area contributed by atoms with E-state index in [1.54, 1.807) is 0 Å². The highest BCUT2D eigenvalue weighted by Gasteiger charge is 2.39. The number of rotatable bonds is 20. The Kier molecular flexibility index (Phi) is 16.2. The monoisotopic (exact) mass is 438 g/mol. The van der Waals surface area contributed by atoms with E-state index in [1.165, 1.54) is 56.1 Å². The lowest BCUT2D eigenvalue weighted by molar-refractivity contribution is 0.0706. The normalized spacial score (nSPS) is 11.9. The van der Waals surface area contributed by atoms with E-state index < -0.39 is 8.80 Å². The lowest BCUT2D eigenvalue weighted by Gasteiger charge is -2.28. The Bertz CT molecular complexity index is 514. The second-order valence-corrected chi connectivity index (χ2v) is 10.5. The van der Waals surface area contributed by atoms with Crippen molar-refractivity contribution < 1.29 is 13.3 Å². The summed E-state index contributed by atoms with van der Waals surface area (Å²) in [5, 5.41) is 3.54. The van der Waals surface area contributed by atoms with E-state index in [-0.39, 0.29) is 0 Å². The lowest BCUT2D eigenvalue weighted by Crippen LogP contribution is -2.45. The van der Waals surface area contributed by atoms with E-state index in [2.05, 4.69) is 29.6 Å². The molecule has 0 radical (unpaired) electrons. The molecule has 0 saturated carbocycles. The van der Waals surface area contributed by atoms with Gasteiger partial charge >= 0.3 is 8.80 Å². The minimum Gasteiger partial charge on any atom is -0.374 e. The van der Waals surface area contributed by atoms with E-state index in [0.29, 0.717) is 26.4 Å². The van der Waals surface area contributed by atoms with Crippen LogP contribution in [0.1, 0.15) is 83.3 Å². The van der Waals surface area contributed by atoms with Crippen molar-refractivity contribution in [2.75, 3.05) is 26.4 Å². The van der Waals surface area contributed by atoms with Crippen LogP contribution in [-0.2, 0) is 26.4 Å². The zero-order chi connectivity index (χ0) is 21.9. The first-order valence-corrected chi connectivity index (χ1v) is 14.0. The van der Waals surface area contributed by atoms with Gasteiger partial charge in [0.15, 0.2) is 0 Å². The fourth-order valence-electron chi connectivity index (χ4n) is 3.75. The molecule has 5 nitrogen and oxygen atoms in total. The van der Waals surface area contributed by atoms with Crippen molar-refractivity contribution in [2.24, 2.45) is 5.73 Å². The van der Waals surface area contributed by atoms with Crippen LogP contribution in [0.4, 0.5) is 0 Å². The topological polar surface area (TPSA) is 65.7 Å². The summed E-state index contributed by atoms with van der Waals surface area (Å²) in [6, 6.07) is 9.47. The molecule has 0 aromatic heterocycles. The quantitative estimate of drug-likeness (QED) is 0.211. The molecule has 1 rings (SSSR count). The molecule has 0 bridgehead atoms. The highest BCUT2D eigenvalue weighted by atomic mass is 28.4. The number of benzene rings is 1. The van der Waals surface area contributed by atoms with Gasteiger partial charge in [-0.05, 0) is 51.3 Å². The van der Waals surface area contributed by atoms with Gasteiger partial charge in [-0.25, -0.2) is 0 Å². The second-order valence-electron chi connectivity index (χ2n) is 7.76. The molecule has 0 spiro atoms. The molecule has 6 heteroatoms.